The number of rotatable bonds is 7. The SMILES string of the molecule is CC(C=CCl)CC(F)=CCSc1cnc2scc(-c3cccc(Cl)c3)n12. The lowest BCUT2D eigenvalue weighted by Crippen LogP contribution is -1.91. The standard InChI is InChI=1S/C19H17Cl2FN2S2/c1-13(5-7-20)9-16(22)6-8-25-18-11-23-19-24(18)17(12-26-19)14-3-2-4-15(21)10-14/h2-7,10-13H,8-9H2,1H3. The number of thioether (sulfide) groups is 1. The Morgan fingerprint density at radius 1 is 1.46 bits per heavy atom. The molecule has 0 saturated heterocycles. The molecule has 0 saturated carbocycles. The van der Waals surface area contributed by atoms with E-state index in [1.807, 2.05) is 37.4 Å². The molecule has 1 atom stereocenters. The summed E-state index contributed by atoms with van der Waals surface area (Å²) >= 11 is 14.8. The van der Waals surface area contributed by atoms with E-state index in [4.69, 9.17) is 23.2 Å². The minimum atomic E-state index is -0.124. The highest BCUT2D eigenvalue weighted by molar-refractivity contribution is 7.99. The lowest BCUT2D eigenvalue weighted by molar-refractivity contribution is 0.541. The summed E-state index contributed by atoms with van der Waals surface area (Å²) in [6.07, 6.45) is 5.59. The van der Waals surface area contributed by atoms with Gasteiger partial charge in [-0.2, -0.15) is 0 Å². The van der Waals surface area contributed by atoms with E-state index < -0.39 is 0 Å². The Bertz CT molecular complexity index is 946. The first-order chi connectivity index (χ1) is 12.6. The zero-order chi connectivity index (χ0) is 18.5. The minimum Gasteiger partial charge on any atom is -0.278 e. The molecule has 0 fully saturated rings. The molecule has 0 N–H and O–H groups in total. The van der Waals surface area contributed by atoms with Crippen molar-refractivity contribution < 1.29 is 4.39 Å². The van der Waals surface area contributed by atoms with Crippen molar-refractivity contribution >= 4 is 51.3 Å². The lowest BCUT2D eigenvalue weighted by atomic mass is 10.1. The quantitative estimate of drug-likeness (QED) is 0.365. The van der Waals surface area contributed by atoms with Gasteiger partial charge >= 0.3 is 0 Å². The highest BCUT2D eigenvalue weighted by Gasteiger charge is 2.12. The van der Waals surface area contributed by atoms with Crippen LogP contribution < -0.4 is 0 Å². The van der Waals surface area contributed by atoms with Crippen molar-refractivity contribution in [3.8, 4) is 11.3 Å². The molecule has 7 heteroatoms. The number of benzene rings is 1. The molecule has 0 bridgehead atoms. The Kier molecular flexibility index (Phi) is 6.81. The Balaban J connectivity index is 1.76. The summed E-state index contributed by atoms with van der Waals surface area (Å²) in [5.41, 5.74) is 3.51. The van der Waals surface area contributed by atoms with Crippen LogP contribution in [0.5, 0.6) is 0 Å². The van der Waals surface area contributed by atoms with Crippen molar-refractivity contribution in [2.45, 2.75) is 18.4 Å². The van der Waals surface area contributed by atoms with Crippen molar-refractivity contribution in [3.05, 3.63) is 64.4 Å². The number of allylic oxidation sites excluding steroid dienone is 2. The molecule has 0 aliphatic heterocycles. The van der Waals surface area contributed by atoms with E-state index in [1.165, 1.54) is 5.54 Å². The van der Waals surface area contributed by atoms with Crippen LogP contribution >= 0.6 is 46.3 Å². The monoisotopic (exact) mass is 426 g/mol. The number of hydrogen-bond acceptors (Lipinski definition) is 3. The Hall–Kier alpha value is -1.27. The van der Waals surface area contributed by atoms with Crippen molar-refractivity contribution in [2.75, 3.05) is 5.75 Å². The van der Waals surface area contributed by atoms with Crippen LogP contribution in [0.1, 0.15) is 13.3 Å². The van der Waals surface area contributed by atoms with Crippen molar-refractivity contribution in [1.29, 1.82) is 0 Å². The molecule has 2 nitrogen and oxygen atoms in total. The maximum absolute atomic E-state index is 14.0. The van der Waals surface area contributed by atoms with Gasteiger partial charge < -0.3 is 0 Å². The van der Waals surface area contributed by atoms with Crippen LogP contribution in [0.15, 0.2) is 64.4 Å². The van der Waals surface area contributed by atoms with Crippen molar-refractivity contribution in [2.24, 2.45) is 5.92 Å². The van der Waals surface area contributed by atoms with E-state index in [9.17, 15) is 4.39 Å². The number of imidazole rings is 1. The van der Waals surface area contributed by atoms with E-state index in [2.05, 4.69) is 14.8 Å². The number of aromatic nitrogens is 2. The Morgan fingerprint density at radius 3 is 3.08 bits per heavy atom. The number of nitrogens with zero attached hydrogens (tertiary/aromatic N) is 2. The molecule has 1 unspecified atom stereocenters. The van der Waals surface area contributed by atoms with Gasteiger partial charge in [0, 0.05) is 33.7 Å². The van der Waals surface area contributed by atoms with Crippen LogP contribution in [-0.2, 0) is 0 Å². The summed E-state index contributed by atoms with van der Waals surface area (Å²) in [5, 5.41) is 3.74. The highest BCUT2D eigenvalue weighted by Crippen LogP contribution is 2.32. The van der Waals surface area contributed by atoms with Gasteiger partial charge in [0.2, 0.25) is 0 Å². The third kappa shape index (κ3) is 4.71. The van der Waals surface area contributed by atoms with Gasteiger partial charge in [0.25, 0.3) is 0 Å². The predicted octanol–water partition coefficient (Wildman–Crippen LogP) is 7.44. The summed E-state index contributed by atoms with van der Waals surface area (Å²) in [6, 6.07) is 7.74. The van der Waals surface area contributed by atoms with Gasteiger partial charge in [-0.3, -0.25) is 4.40 Å². The average molecular weight is 427 g/mol. The van der Waals surface area contributed by atoms with E-state index >= 15 is 0 Å². The van der Waals surface area contributed by atoms with Crippen LogP contribution in [0.25, 0.3) is 16.2 Å². The van der Waals surface area contributed by atoms with Crippen LogP contribution in [0.2, 0.25) is 5.02 Å². The molecule has 3 aromatic rings. The third-order valence-electron chi connectivity index (χ3n) is 3.79. The maximum atomic E-state index is 14.0. The van der Waals surface area contributed by atoms with Crippen LogP contribution in [-0.4, -0.2) is 15.1 Å². The van der Waals surface area contributed by atoms with Gasteiger partial charge in [-0.1, -0.05) is 48.3 Å². The zero-order valence-corrected chi connectivity index (χ0v) is 17.2. The second kappa shape index (κ2) is 9.09. The molecule has 0 spiro atoms. The molecular formula is C19H17Cl2FN2S2. The zero-order valence-electron chi connectivity index (χ0n) is 14.0. The molecular weight excluding hydrogens is 410 g/mol. The molecule has 3 rings (SSSR count). The largest absolute Gasteiger partial charge is 0.278 e. The first-order valence-electron chi connectivity index (χ1n) is 8.03. The Morgan fingerprint density at radius 2 is 2.31 bits per heavy atom. The van der Waals surface area contributed by atoms with Crippen molar-refractivity contribution in [1.82, 2.24) is 9.38 Å². The van der Waals surface area contributed by atoms with Gasteiger partial charge in [-0.25, -0.2) is 9.37 Å². The molecule has 2 heterocycles. The first kappa shape index (κ1) is 19.5. The maximum Gasteiger partial charge on any atom is 0.195 e. The van der Waals surface area contributed by atoms with Crippen LogP contribution in [0.3, 0.4) is 0 Å². The summed E-state index contributed by atoms with van der Waals surface area (Å²) in [4.78, 5) is 5.36. The van der Waals surface area contributed by atoms with Gasteiger partial charge in [0.05, 0.1) is 17.7 Å². The van der Waals surface area contributed by atoms with Crippen LogP contribution in [0, 0.1) is 5.92 Å². The van der Waals surface area contributed by atoms with Crippen LogP contribution in [0.4, 0.5) is 4.39 Å². The van der Waals surface area contributed by atoms with Gasteiger partial charge in [0.15, 0.2) is 4.96 Å². The third-order valence-corrected chi connectivity index (χ3v) is 5.93. The number of thiazole rings is 1. The second-order valence-corrected chi connectivity index (χ2v) is 8.37. The minimum absolute atomic E-state index is 0.0849. The smallest absolute Gasteiger partial charge is 0.195 e. The normalized spacial score (nSPS) is 13.8. The predicted molar refractivity (Wildman–Crippen MR) is 112 cm³/mol. The molecule has 0 aliphatic carbocycles. The summed E-state index contributed by atoms with van der Waals surface area (Å²) in [5.74, 6) is 0.504. The summed E-state index contributed by atoms with van der Waals surface area (Å²) < 4.78 is 16.1. The van der Waals surface area contributed by atoms with E-state index in [1.54, 1.807) is 35.3 Å². The van der Waals surface area contributed by atoms with Crippen molar-refractivity contribution in [3.63, 3.8) is 0 Å². The molecule has 1 aromatic carbocycles. The number of halogens is 3. The van der Waals surface area contributed by atoms with E-state index in [-0.39, 0.29) is 11.7 Å². The molecule has 0 amide bonds. The molecule has 136 valence electrons. The fourth-order valence-electron chi connectivity index (χ4n) is 2.53. The number of hydrogen-bond donors (Lipinski definition) is 0. The number of fused-ring (bicyclic) bond motifs is 1. The second-order valence-electron chi connectivity index (χ2n) is 5.81. The van der Waals surface area contributed by atoms with Gasteiger partial charge in [0.1, 0.15) is 5.03 Å². The topological polar surface area (TPSA) is 17.3 Å². The lowest BCUT2D eigenvalue weighted by Gasteiger charge is -2.05. The van der Waals surface area contributed by atoms with E-state index in [0.717, 1.165) is 21.2 Å². The average Bonchev–Trinajstić information content (AvgIpc) is 3.18. The van der Waals surface area contributed by atoms with Gasteiger partial charge in [-0.05, 0) is 24.1 Å². The fourth-order valence-corrected chi connectivity index (χ4v) is 4.78. The first-order valence-corrected chi connectivity index (χ1v) is 10.7. The molecule has 26 heavy (non-hydrogen) atoms. The Labute approximate surface area is 170 Å². The summed E-state index contributed by atoms with van der Waals surface area (Å²) in [6.45, 7) is 1.93. The summed E-state index contributed by atoms with van der Waals surface area (Å²) in [7, 11) is 0. The highest BCUT2D eigenvalue weighted by atomic mass is 35.5. The molecule has 0 radical (unpaired) electrons. The van der Waals surface area contributed by atoms with E-state index in [0.29, 0.717) is 17.2 Å². The molecule has 0 aliphatic rings. The van der Waals surface area contributed by atoms with Gasteiger partial charge in [-0.15, -0.1) is 23.1 Å². The molecule has 2 aromatic heterocycles. The fraction of sp³-hybridized carbons (Fsp3) is 0.211.